The molecule has 0 spiro atoms. The van der Waals surface area contributed by atoms with Crippen molar-refractivity contribution >= 4 is 17.6 Å². The summed E-state index contributed by atoms with van der Waals surface area (Å²) >= 11 is 0. The summed E-state index contributed by atoms with van der Waals surface area (Å²) in [5, 5.41) is 8.38. The van der Waals surface area contributed by atoms with E-state index in [1.165, 1.54) is 6.07 Å². The lowest BCUT2D eigenvalue weighted by Crippen LogP contribution is -2.27. The van der Waals surface area contributed by atoms with Gasteiger partial charge < -0.3 is 11.5 Å². The van der Waals surface area contributed by atoms with Crippen molar-refractivity contribution in [3.05, 3.63) is 29.8 Å². The third-order valence-corrected chi connectivity index (χ3v) is 1.49. The molecule has 0 aliphatic carbocycles. The maximum atomic E-state index is 10.8. The Bertz CT molecular complexity index is 375. The van der Waals surface area contributed by atoms with Gasteiger partial charge >= 0.3 is 0 Å². The number of nitrogens with two attached hydrogens (primary N) is 2. The van der Waals surface area contributed by atoms with Crippen molar-refractivity contribution in [3.63, 3.8) is 0 Å². The second-order valence-corrected chi connectivity index (χ2v) is 2.52. The third kappa shape index (κ3) is 2.46. The van der Waals surface area contributed by atoms with Crippen molar-refractivity contribution in [2.45, 2.75) is 0 Å². The molecular formula is C8H10N4O2. The van der Waals surface area contributed by atoms with Crippen LogP contribution in [0.3, 0.4) is 0 Å². The lowest BCUT2D eigenvalue weighted by Gasteiger charge is -1.99. The van der Waals surface area contributed by atoms with Crippen molar-refractivity contribution in [1.82, 2.24) is 5.48 Å². The molecule has 0 unspecified atom stereocenters. The average molecular weight is 194 g/mol. The lowest BCUT2D eigenvalue weighted by atomic mass is 10.2. The van der Waals surface area contributed by atoms with Gasteiger partial charge in [-0.1, -0.05) is 6.07 Å². The van der Waals surface area contributed by atoms with E-state index in [1.807, 2.05) is 0 Å². The Balaban J connectivity index is 3.00. The van der Waals surface area contributed by atoms with Gasteiger partial charge in [0.25, 0.3) is 0 Å². The first-order valence-corrected chi connectivity index (χ1v) is 3.77. The number of amides is 1. The quantitative estimate of drug-likeness (QED) is 0.294. The maximum absolute atomic E-state index is 10.8. The summed E-state index contributed by atoms with van der Waals surface area (Å²) in [4.78, 5) is 14.5. The first-order valence-electron chi connectivity index (χ1n) is 3.77. The van der Waals surface area contributed by atoms with Gasteiger partial charge in [0.2, 0.25) is 11.9 Å². The molecule has 0 radical (unpaired) electrons. The number of primary amides is 1. The molecule has 0 aromatic heterocycles. The molecule has 6 N–H and O–H groups in total. The number of benzene rings is 1. The Morgan fingerprint density at radius 2 is 2.14 bits per heavy atom. The number of hydrogen-bond acceptors (Lipinski definition) is 3. The van der Waals surface area contributed by atoms with Crippen LogP contribution in [-0.2, 0) is 0 Å². The van der Waals surface area contributed by atoms with Crippen LogP contribution in [0.4, 0.5) is 5.69 Å². The van der Waals surface area contributed by atoms with Gasteiger partial charge in [-0.15, -0.1) is 0 Å². The van der Waals surface area contributed by atoms with Crippen LogP contribution in [-0.4, -0.2) is 17.1 Å². The number of nitrogens with one attached hydrogen (secondary N) is 1. The SMILES string of the molecule is NC(=O)c1cccc(N=C(N)NO)c1. The minimum Gasteiger partial charge on any atom is -0.368 e. The molecule has 0 heterocycles. The predicted molar refractivity (Wildman–Crippen MR) is 51.2 cm³/mol. The molecule has 0 aliphatic heterocycles. The Morgan fingerprint density at radius 3 is 2.71 bits per heavy atom. The van der Waals surface area contributed by atoms with Crippen LogP contribution in [0, 0.1) is 0 Å². The van der Waals surface area contributed by atoms with E-state index in [9.17, 15) is 4.79 Å². The molecule has 1 aromatic carbocycles. The van der Waals surface area contributed by atoms with Crippen LogP contribution in [0.25, 0.3) is 0 Å². The Labute approximate surface area is 80.2 Å². The van der Waals surface area contributed by atoms with E-state index in [4.69, 9.17) is 16.7 Å². The highest BCUT2D eigenvalue weighted by molar-refractivity contribution is 5.93. The van der Waals surface area contributed by atoms with E-state index < -0.39 is 5.91 Å². The Kier molecular flexibility index (Phi) is 3.03. The summed E-state index contributed by atoms with van der Waals surface area (Å²) in [6, 6.07) is 6.26. The van der Waals surface area contributed by atoms with Gasteiger partial charge in [-0.3, -0.25) is 10.0 Å². The molecule has 0 atom stereocenters. The van der Waals surface area contributed by atoms with Gasteiger partial charge in [-0.05, 0) is 18.2 Å². The summed E-state index contributed by atoms with van der Waals surface area (Å²) in [5.41, 5.74) is 12.7. The number of carbonyl (C=O) groups excluding carboxylic acids is 1. The van der Waals surface area contributed by atoms with Crippen molar-refractivity contribution in [1.29, 1.82) is 0 Å². The molecule has 6 nitrogen and oxygen atoms in total. The van der Waals surface area contributed by atoms with Crippen LogP contribution >= 0.6 is 0 Å². The summed E-state index contributed by atoms with van der Waals surface area (Å²) in [6.07, 6.45) is 0. The lowest BCUT2D eigenvalue weighted by molar-refractivity contribution is 0.100. The van der Waals surface area contributed by atoms with Crippen molar-refractivity contribution in [3.8, 4) is 0 Å². The van der Waals surface area contributed by atoms with Crippen LogP contribution in [0.5, 0.6) is 0 Å². The zero-order valence-electron chi connectivity index (χ0n) is 7.27. The van der Waals surface area contributed by atoms with Crippen molar-refractivity contribution in [2.24, 2.45) is 16.5 Å². The van der Waals surface area contributed by atoms with Gasteiger partial charge in [0.05, 0.1) is 5.69 Å². The highest BCUT2D eigenvalue weighted by Gasteiger charge is 2.00. The molecule has 0 aliphatic rings. The summed E-state index contributed by atoms with van der Waals surface area (Å²) < 4.78 is 0. The fraction of sp³-hybridized carbons (Fsp3) is 0. The standard InChI is InChI=1S/C8H10N4O2/c9-7(13)5-2-1-3-6(4-5)11-8(10)12-14/h1-4,14H,(H2,9,13)(H3,10,11,12). The number of nitrogens with zero attached hydrogens (tertiary/aromatic N) is 1. The fourth-order valence-corrected chi connectivity index (χ4v) is 0.893. The largest absolute Gasteiger partial charge is 0.368 e. The predicted octanol–water partition coefficient (Wildman–Crippen LogP) is -0.289. The molecule has 0 fully saturated rings. The molecule has 0 bridgehead atoms. The molecule has 1 rings (SSSR count). The van der Waals surface area contributed by atoms with Crippen LogP contribution in [0.15, 0.2) is 29.3 Å². The average Bonchev–Trinajstić information content (AvgIpc) is 2.18. The van der Waals surface area contributed by atoms with E-state index >= 15 is 0 Å². The molecule has 14 heavy (non-hydrogen) atoms. The Morgan fingerprint density at radius 1 is 1.43 bits per heavy atom. The van der Waals surface area contributed by atoms with Crippen LogP contribution in [0.1, 0.15) is 10.4 Å². The molecule has 0 saturated heterocycles. The molecule has 1 aromatic rings. The maximum Gasteiger partial charge on any atom is 0.248 e. The number of hydrogen-bond donors (Lipinski definition) is 4. The van der Waals surface area contributed by atoms with E-state index in [0.29, 0.717) is 11.3 Å². The van der Waals surface area contributed by atoms with Crippen LogP contribution < -0.4 is 16.9 Å². The zero-order valence-corrected chi connectivity index (χ0v) is 7.27. The van der Waals surface area contributed by atoms with Crippen molar-refractivity contribution in [2.75, 3.05) is 0 Å². The topological polar surface area (TPSA) is 114 Å². The highest BCUT2D eigenvalue weighted by atomic mass is 16.5. The van der Waals surface area contributed by atoms with Gasteiger partial charge in [0, 0.05) is 5.56 Å². The van der Waals surface area contributed by atoms with Crippen LogP contribution in [0.2, 0.25) is 0 Å². The van der Waals surface area contributed by atoms with Crippen molar-refractivity contribution < 1.29 is 10.0 Å². The molecule has 1 amide bonds. The second kappa shape index (κ2) is 4.24. The third-order valence-electron chi connectivity index (χ3n) is 1.49. The number of aliphatic imine (C=N–C) groups is 1. The molecule has 0 saturated carbocycles. The number of hydroxylamine groups is 1. The fourth-order valence-electron chi connectivity index (χ4n) is 0.893. The molecular weight excluding hydrogens is 184 g/mol. The molecule has 74 valence electrons. The normalized spacial score (nSPS) is 11.1. The monoisotopic (exact) mass is 194 g/mol. The van der Waals surface area contributed by atoms with E-state index in [2.05, 4.69) is 4.99 Å². The zero-order chi connectivity index (χ0) is 10.6. The highest BCUT2D eigenvalue weighted by Crippen LogP contribution is 2.13. The smallest absolute Gasteiger partial charge is 0.248 e. The van der Waals surface area contributed by atoms with Gasteiger partial charge in [-0.2, -0.15) is 0 Å². The number of guanidine groups is 1. The summed E-state index contributed by atoms with van der Waals surface area (Å²) in [7, 11) is 0. The summed E-state index contributed by atoms with van der Waals surface area (Å²) in [6.45, 7) is 0. The van der Waals surface area contributed by atoms with Gasteiger partial charge in [0.15, 0.2) is 0 Å². The number of carbonyl (C=O) groups is 1. The van der Waals surface area contributed by atoms with E-state index in [-0.39, 0.29) is 5.96 Å². The minimum absolute atomic E-state index is 0.161. The first-order chi connectivity index (χ1) is 6.63. The first kappa shape index (κ1) is 10.0. The second-order valence-electron chi connectivity index (χ2n) is 2.52. The van der Waals surface area contributed by atoms with E-state index in [1.54, 1.807) is 23.7 Å². The van der Waals surface area contributed by atoms with Gasteiger partial charge in [-0.25, -0.2) is 10.5 Å². The van der Waals surface area contributed by atoms with Gasteiger partial charge in [0.1, 0.15) is 0 Å². The summed E-state index contributed by atoms with van der Waals surface area (Å²) in [5.74, 6) is -0.704. The molecule has 6 heteroatoms. The minimum atomic E-state index is -0.544. The van der Waals surface area contributed by atoms with E-state index in [0.717, 1.165) is 0 Å². The Hall–Kier alpha value is -2.08. The number of rotatable bonds is 2.